The predicted molar refractivity (Wildman–Crippen MR) is 125 cm³/mol. The quantitative estimate of drug-likeness (QED) is 0.532. The molecule has 4 rings (SSSR count). The molecule has 1 aromatic heterocycles. The van der Waals surface area contributed by atoms with E-state index in [0.717, 1.165) is 35.7 Å². The van der Waals surface area contributed by atoms with Gasteiger partial charge in [0.15, 0.2) is 5.82 Å². The lowest BCUT2D eigenvalue weighted by Gasteiger charge is -2.33. The van der Waals surface area contributed by atoms with E-state index in [4.69, 9.17) is 9.47 Å². The van der Waals surface area contributed by atoms with Crippen LogP contribution in [0.3, 0.4) is 0 Å². The molecule has 8 nitrogen and oxygen atoms in total. The average Bonchev–Trinajstić information content (AvgIpc) is 3.21. The van der Waals surface area contributed by atoms with Crippen LogP contribution in [0.2, 0.25) is 0 Å². The van der Waals surface area contributed by atoms with Crippen molar-refractivity contribution in [3.05, 3.63) is 59.9 Å². The Bertz CT molecular complexity index is 1050. The van der Waals surface area contributed by atoms with Gasteiger partial charge in [-0.05, 0) is 55.3 Å². The molecule has 2 aromatic carbocycles. The molecule has 0 fully saturated rings. The van der Waals surface area contributed by atoms with Crippen molar-refractivity contribution in [2.24, 2.45) is 0 Å². The first-order chi connectivity index (χ1) is 15.6. The molecule has 0 radical (unpaired) electrons. The van der Waals surface area contributed by atoms with Crippen LogP contribution in [0.5, 0.6) is 11.5 Å². The number of thioether (sulfide) groups is 1. The fraction of sp³-hybridized carbons (Fsp3) is 0.348. The van der Waals surface area contributed by atoms with Crippen molar-refractivity contribution in [1.29, 1.82) is 0 Å². The van der Waals surface area contributed by atoms with Gasteiger partial charge in [0.1, 0.15) is 16.7 Å². The maximum absolute atomic E-state index is 13.3. The maximum Gasteiger partial charge on any atom is 0.240 e. The first-order valence-corrected chi connectivity index (χ1v) is 11.6. The van der Waals surface area contributed by atoms with Gasteiger partial charge in [-0.2, -0.15) is 0 Å². The molecule has 168 valence electrons. The molecule has 1 aliphatic rings. The van der Waals surface area contributed by atoms with E-state index in [2.05, 4.69) is 27.9 Å². The number of amides is 1. The number of ether oxygens (including phenoxy) is 2. The van der Waals surface area contributed by atoms with Crippen LogP contribution in [0.1, 0.15) is 37.7 Å². The maximum atomic E-state index is 13.3. The Morgan fingerprint density at radius 1 is 1.09 bits per heavy atom. The zero-order chi connectivity index (χ0) is 22.5. The van der Waals surface area contributed by atoms with Gasteiger partial charge in [-0.1, -0.05) is 30.8 Å². The van der Waals surface area contributed by atoms with Crippen LogP contribution in [-0.4, -0.2) is 39.7 Å². The number of aromatic nitrogens is 3. The average molecular weight is 454 g/mol. The van der Waals surface area contributed by atoms with Crippen molar-refractivity contribution < 1.29 is 14.3 Å². The van der Waals surface area contributed by atoms with E-state index >= 15 is 0 Å². The van der Waals surface area contributed by atoms with Gasteiger partial charge in [0, 0.05) is 12.1 Å². The van der Waals surface area contributed by atoms with E-state index < -0.39 is 5.25 Å². The lowest BCUT2D eigenvalue weighted by molar-refractivity contribution is -0.116. The number of fused-ring (bicyclic) bond motifs is 1. The molecule has 2 atom stereocenters. The summed E-state index contributed by atoms with van der Waals surface area (Å²) in [5.74, 6) is 2.29. The number of aryl methyl sites for hydroxylation is 1. The normalized spacial score (nSPS) is 17.2. The van der Waals surface area contributed by atoms with Gasteiger partial charge in [-0.3, -0.25) is 4.79 Å². The van der Waals surface area contributed by atoms with Gasteiger partial charge in [-0.15, -0.1) is 10.2 Å². The minimum absolute atomic E-state index is 0.113. The summed E-state index contributed by atoms with van der Waals surface area (Å²) in [6, 6.07) is 14.9. The van der Waals surface area contributed by atoms with Crippen LogP contribution in [-0.2, 0) is 11.2 Å². The van der Waals surface area contributed by atoms with E-state index in [1.165, 1.54) is 11.8 Å². The smallest absolute Gasteiger partial charge is 0.240 e. The summed E-state index contributed by atoms with van der Waals surface area (Å²) in [5, 5.41) is 11.9. The van der Waals surface area contributed by atoms with Crippen molar-refractivity contribution in [3.63, 3.8) is 0 Å². The van der Waals surface area contributed by atoms with Crippen molar-refractivity contribution >= 4 is 23.4 Å². The van der Waals surface area contributed by atoms with Crippen LogP contribution >= 0.6 is 11.8 Å². The molecule has 0 unspecified atom stereocenters. The summed E-state index contributed by atoms with van der Waals surface area (Å²) in [6.45, 7) is 4.66. The Balaban J connectivity index is 1.62. The number of rotatable bonds is 8. The third-order valence-electron chi connectivity index (χ3n) is 5.14. The molecule has 2 N–H and O–H groups in total. The molecule has 0 saturated heterocycles. The van der Waals surface area contributed by atoms with E-state index in [9.17, 15) is 4.79 Å². The van der Waals surface area contributed by atoms with E-state index in [-0.39, 0.29) is 11.9 Å². The summed E-state index contributed by atoms with van der Waals surface area (Å²) in [5.41, 5.74) is 5.18. The first-order valence-electron chi connectivity index (χ1n) is 10.7. The highest BCUT2D eigenvalue weighted by Gasteiger charge is 2.37. The van der Waals surface area contributed by atoms with Crippen molar-refractivity contribution in [1.82, 2.24) is 14.9 Å². The van der Waals surface area contributed by atoms with E-state index in [0.29, 0.717) is 17.5 Å². The third-order valence-corrected chi connectivity index (χ3v) is 6.36. The molecule has 32 heavy (non-hydrogen) atoms. The molecule has 1 amide bonds. The molecule has 9 heteroatoms. The molecule has 3 aromatic rings. The Morgan fingerprint density at radius 2 is 1.81 bits per heavy atom. The van der Waals surface area contributed by atoms with Crippen LogP contribution < -0.4 is 20.2 Å². The minimum Gasteiger partial charge on any atom is -0.497 e. The van der Waals surface area contributed by atoms with Crippen LogP contribution in [0, 0.1) is 0 Å². The standard InChI is InChI=1S/C23H27N5O3S/c1-4-6-19-25-26-23-28(19)27-20(15-7-11-18(12-8-15)31-5-2)21(32-23)22(29)24-16-9-13-17(30-3)14-10-16/h7-14,20-21,27H,4-6H2,1-3H3,(H,24,29)/t20-,21+/m1/s1. The molecular weight excluding hydrogens is 426 g/mol. The van der Waals surface area contributed by atoms with Crippen molar-refractivity contribution in [2.45, 2.75) is 43.1 Å². The number of nitrogens with zero attached hydrogens (tertiary/aromatic N) is 3. The fourth-order valence-corrected chi connectivity index (χ4v) is 4.66. The highest BCUT2D eigenvalue weighted by Crippen LogP contribution is 2.38. The summed E-state index contributed by atoms with van der Waals surface area (Å²) in [4.78, 5) is 13.3. The van der Waals surface area contributed by atoms with Crippen molar-refractivity contribution in [2.75, 3.05) is 24.5 Å². The number of hydrogen-bond donors (Lipinski definition) is 2. The van der Waals surface area contributed by atoms with Gasteiger partial charge in [0.05, 0.1) is 19.8 Å². The Kier molecular flexibility index (Phi) is 6.84. The Labute approximate surface area is 191 Å². The largest absolute Gasteiger partial charge is 0.497 e. The molecular formula is C23H27N5O3S. The van der Waals surface area contributed by atoms with Crippen LogP contribution in [0.25, 0.3) is 0 Å². The van der Waals surface area contributed by atoms with Gasteiger partial charge in [0.25, 0.3) is 0 Å². The number of methoxy groups -OCH3 is 1. The highest BCUT2D eigenvalue weighted by atomic mass is 32.2. The van der Waals surface area contributed by atoms with E-state index in [1.54, 1.807) is 7.11 Å². The van der Waals surface area contributed by atoms with Gasteiger partial charge in [0.2, 0.25) is 11.1 Å². The zero-order valence-corrected chi connectivity index (χ0v) is 19.2. The third kappa shape index (κ3) is 4.67. The molecule has 0 bridgehead atoms. The number of hydrogen-bond acceptors (Lipinski definition) is 7. The van der Waals surface area contributed by atoms with Gasteiger partial charge >= 0.3 is 0 Å². The highest BCUT2D eigenvalue weighted by molar-refractivity contribution is 8.00. The van der Waals surface area contributed by atoms with Gasteiger partial charge < -0.3 is 20.2 Å². The summed E-state index contributed by atoms with van der Waals surface area (Å²) >= 11 is 1.41. The SMILES string of the molecule is CCCc1nnc2n1N[C@H](c1ccc(OCC)cc1)[C@@H](C(=O)Nc1ccc(OC)cc1)S2. The van der Waals surface area contributed by atoms with Crippen LogP contribution in [0.4, 0.5) is 5.69 Å². The number of benzene rings is 2. The van der Waals surface area contributed by atoms with Crippen LogP contribution in [0.15, 0.2) is 53.7 Å². The lowest BCUT2D eigenvalue weighted by atomic mass is 10.0. The Morgan fingerprint density at radius 3 is 2.47 bits per heavy atom. The summed E-state index contributed by atoms with van der Waals surface area (Å²) < 4.78 is 12.7. The molecule has 2 heterocycles. The van der Waals surface area contributed by atoms with Crippen molar-refractivity contribution in [3.8, 4) is 11.5 Å². The second-order valence-corrected chi connectivity index (χ2v) is 8.46. The second kappa shape index (κ2) is 9.95. The van der Waals surface area contributed by atoms with Gasteiger partial charge in [-0.25, -0.2) is 4.68 Å². The number of carbonyl (C=O) groups is 1. The lowest BCUT2D eigenvalue weighted by Crippen LogP contribution is -2.41. The monoisotopic (exact) mass is 453 g/mol. The Hall–Kier alpha value is -3.20. The van der Waals surface area contributed by atoms with E-state index in [1.807, 2.05) is 60.1 Å². The topological polar surface area (TPSA) is 90.3 Å². The molecule has 0 spiro atoms. The fourth-order valence-electron chi connectivity index (χ4n) is 3.56. The predicted octanol–water partition coefficient (Wildman–Crippen LogP) is 4.04. The first kappa shape index (κ1) is 22.0. The number of carbonyl (C=O) groups excluding carboxylic acids is 1. The molecule has 0 aliphatic carbocycles. The minimum atomic E-state index is -0.443. The number of anilines is 1. The number of nitrogens with one attached hydrogen (secondary N) is 2. The zero-order valence-electron chi connectivity index (χ0n) is 18.4. The second-order valence-electron chi connectivity index (χ2n) is 7.35. The molecule has 1 aliphatic heterocycles. The summed E-state index contributed by atoms with van der Waals surface area (Å²) in [7, 11) is 1.61. The molecule has 0 saturated carbocycles. The summed E-state index contributed by atoms with van der Waals surface area (Å²) in [6.07, 6.45) is 1.76.